The van der Waals surface area contributed by atoms with Crippen molar-refractivity contribution < 1.29 is 21.2 Å². The second kappa shape index (κ2) is 3.90. The number of alkyl halides is 2. The van der Waals surface area contributed by atoms with Crippen LogP contribution >= 0.6 is 0 Å². The molecule has 1 heteroatoms. The van der Waals surface area contributed by atoms with Gasteiger partial charge >= 0.3 is 50.3 Å². The van der Waals surface area contributed by atoms with Crippen molar-refractivity contribution >= 4 is 0 Å². The van der Waals surface area contributed by atoms with Gasteiger partial charge in [0.05, 0.1) is 0 Å². The average molecular weight is 199 g/mol. The molecule has 0 saturated heterocycles. The van der Waals surface area contributed by atoms with E-state index in [9.17, 15) is 0 Å². The van der Waals surface area contributed by atoms with Crippen LogP contribution in [0.2, 0.25) is 0 Å². The van der Waals surface area contributed by atoms with Crippen molar-refractivity contribution in [2.24, 2.45) is 0 Å². The summed E-state index contributed by atoms with van der Waals surface area (Å²) in [5.41, 5.74) is 0. The summed E-state index contributed by atoms with van der Waals surface area (Å²) in [6, 6.07) is 0. The molecule has 40 valence electrons. The first kappa shape index (κ1) is 6.73. The van der Waals surface area contributed by atoms with E-state index in [-0.39, 0.29) is 0 Å². The van der Waals surface area contributed by atoms with Gasteiger partial charge in [0.25, 0.3) is 0 Å². The molecule has 0 heterocycles. The Morgan fingerprint density at radius 1 is 1.67 bits per heavy atom. The summed E-state index contributed by atoms with van der Waals surface area (Å²) in [5.74, 6) is 0. The van der Waals surface area contributed by atoms with Gasteiger partial charge in [-0.1, -0.05) is 0 Å². The van der Waals surface area contributed by atoms with Gasteiger partial charge in [0.2, 0.25) is 0 Å². The number of hydrogen-bond donors (Lipinski definition) is 0. The number of halogens is 1. The normalized spacial score (nSPS) is 15.2. The van der Waals surface area contributed by atoms with E-state index in [0.29, 0.717) is 21.2 Å². The van der Waals surface area contributed by atoms with Gasteiger partial charge in [-0.25, -0.2) is 0 Å². The van der Waals surface area contributed by atoms with E-state index in [0.717, 1.165) is 3.92 Å². The van der Waals surface area contributed by atoms with Crippen LogP contribution in [0.4, 0.5) is 0 Å². The molecule has 0 aliphatic carbocycles. The summed E-state index contributed by atoms with van der Waals surface area (Å²) in [6.07, 6.45) is 1.38. The fourth-order valence-electron chi connectivity index (χ4n) is 0.154. The third kappa shape index (κ3) is 2.94. The quantitative estimate of drug-likeness (QED) is 0.375. The van der Waals surface area contributed by atoms with Crippen LogP contribution in [0.25, 0.3) is 0 Å². The molecule has 0 amide bonds. The molecule has 0 saturated carbocycles. The maximum atomic E-state index is 2.34. The molecule has 0 aliphatic heterocycles. The Balaban J connectivity index is 2.75. The van der Waals surface area contributed by atoms with E-state index in [1.54, 1.807) is 0 Å². The third-order valence-corrected chi connectivity index (χ3v) is 3.94. The Labute approximate surface area is 50.6 Å². The SMILES string of the molecule is CCC(C)[I-]C. The Morgan fingerprint density at radius 2 is 2.17 bits per heavy atom. The molecule has 0 aromatic rings. The predicted molar refractivity (Wildman–Crippen MR) is 25.7 cm³/mol. The molecule has 6 heavy (non-hydrogen) atoms. The molecule has 0 bridgehead atoms. The minimum atomic E-state index is 0.545. The summed E-state index contributed by atoms with van der Waals surface area (Å²) < 4.78 is 1.05. The molecule has 0 nitrogen and oxygen atoms in total. The summed E-state index contributed by atoms with van der Waals surface area (Å²) in [4.78, 5) is 2.34. The summed E-state index contributed by atoms with van der Waals surface area (Å²) in [7, 11) is 0. The zero-order chi connectivity index (χ0) is 4.99. The summed E-state index contributed by atoms with van der Waals surface area (Å²) in [6.45, 7) is 4.58. The van der Waals surface area contributed by atoms with Crippen molar-refractivity contribution in [3.63, 3.8) is 0 Å². The number of rotatable bonds is 2. The van der Waals surface area contributed by atoms with Gasteiger partial charge in [-0.15, -0.1) is 0 Å². The molecule has 0 fully saturated rings. The van der Waals surface area contributed by atoms with Crippen molar-refractivity contribution in [1.29, 1.82) is 0 Å². The van der Waals surface area contributed by atoms with Gasteiger partial charge in [-0.3, -0.25) is 0 Å². The first-order valence-electron chi connectivity index (χ1n) is 2.29. The molecule has 0 radical (unpaired) electrons. The molecular weight excluding hydrogens is 187 g/mol. The Morgan fingerprint density at radius 3 is 2.17 bits per heavy atom. The molecule has 0 aromatic carbocycles. The molecule has 1 unspecified atom stereocenters. The van der Waals surface area contributed by atoms with Crippen molar-refractivity contribution in [3.8, 4) is 0 Å². The molecule has 0 aromatic heterocycles. The van der Waals surface area contributed by atoms with Crippen LogP contribution in [0.15, 0.2) is 0 Å². The Bertz CT molecular complexity index is 23.1. The van der Waals surface area contributed by atoms with Crippen molar-refractivity contribution in [2.75, 3.05) is 4.93 Å². The molecule has 0 spiro atoms. The average Bonchev–Trinajstić information content (AvgIpc) is 1.65. The van der Waals surface area contributed by atoms with Crippen LogP contribution in [0.3, 0.4) is 0 Å². The van der Waals surface area contributed by atoms with Crippen molar-refractivity contribution in [2.45, 2.75) is 24.2 Å². The van der Waals surface area contributed by atoms with Crippen LogP contribution in [0.5, 0.6) is 0 Å². The van der Waals surface area contributed by atoms with Gasteiger partial charge in [0.1, 0.15) is 0 Å². The van der Waals surface area contributed by atoms with Crippen LogP contribution in [0, 0.1) is 0 Å². The molecule has 0 rings (SSSR count). The van der Waals surface area contributed by atoms with Gasteiger partial charge in [0, 0.05) is 0 Å². The third-order valence-electron chi connectivity index (χ3n) is 0.935. The van der Waals surface area contributed by atoms with Gasteiger partial charge in [-0.05, 0) is 0 Å². The predicted octanol–water partition coefficient (Wildman–Crippen LogP) is -1.50. The zero-order valence-electron chi connectivity index (χ0n) is 4.66. The van der Waals surface area contributed by atoms with Crippen LogP contribution in [-0.4, -0.2) is 8.86 Å². The fraction of sp³-hybridized carbons (Fsp3) is 1.00. The monoisotopic (exact) mass is 199 g/mol. The van der Waals surface area contributed by atoms with Gasteiger partial charge in [0.15, 0.2) is 0 Å². The molecule has 0 aliphatic rings. The van der Waals surface area contributed by atoms with Crippen molar-refractivity contribution in [1.82, 2.24) is 0 Å². The van der Waals surface area contributed by atoms with Gasteiger partial charge < -0.3 is 0 Å². The topological polar surface area (TPSA) is 0 Å². The zero-order valence-corrected chi connectivity index (χ0v) is 6.82. The Hall–Kier alpha value is 0.730. The number of hydrogen-bond acceptors (Lipinski definition) is 0. The summed E-state index contributed by atoms with van der Waals surface area (Å²) in [5, 5.41) is 0. The fourth-order valence-corrected chi connectivity index (χ4v) is 1.04. The van der Waals surface area contributed by atoms with E-state index >= 15 is 0 Å². The van der Waals surface area contributed by atoms with E-state index in [4.69, 9.17) is 0 Å². The second-order valence-electron chi connectivity index (χ2n) is 1.41. The first-order chi connectivity index (χ1) is 2.81. The standard InChI is InChI=1S/C5H12I/c1-4-5(2)6-3/h5H,4H2,1-3H3/q-1. The van der Waals surface area contributed by atoms with E-state index in [1.807, 2.05) is 0 Å². The van der Waals surface area contributed by atoms with E-state index in [2.05, 4.69) is 18.8 Å². The molecule has 1 atom stereocenters. The van der Waals surface area contributed by atoms with Crippen LogP contribution < -0.4 is 21.2 Å². The Kier molecular flexibility index (Phi) is 4.38. The second-order valence-corrected chi connectivity index (χ2v) is 4.78. The maximum absolute atomic E-state index is 2.34. The van der Waals surface area contributed by atoms with E-state index in [1.165, 1.54) is 6.42 Å². The van der Waals surface area contributed by atoms with Crippen LogP contribution in [-0.2, 0) is 0 Å². The van der Waals surface area contributed by atoms with Crippen LogP contribution in [0.1, 0.15) is 20.3 Å². The minimum absolute atomic E-state index is 0.545. The molecule has 0 N–H and O–H groups in total. The van der Waals surface area contributed by atoms with Crippen molar-refractivity contribution in [3.05, 3.63) is 0 Å². The summed E-state index contributed by atoms with van der Waals surface area (Å²) >= 11 is 0.545. The molecular formula is C5H12I-. The first-order valence-corrected chi connectivity index (χ1v) is 5.69. The van der Waals surface area contributed by atoms with E-state index < -0.39 is 0 Å². The van der Waals surface area contributed by atoms with Gasteiger partial charge in [-0.2, -0.15) is 0 Å².